The van der Waals surface area contributed by atoms with Gasteiger partial charge in [0.1, 0.15) is 6.23 Å². The van der Waals surface area contributed by atoms with Crippen molar-refractivity contribution in [2.24, 2.45) is 11.8 Å². The molecule has 96 valence electrons. The first kappa shape index (κ1) is 15.3. The van der Waals surface area contributed by atoms with Gasteiger partial charge >= 0.3 is 0 Å². The highest BCUT2D eigenvalue weighted by Gasteiger charge is 2.10. The lowest BCUT2D eigenvalue weighted by atomic mass is 10.1. The Hall–Kier alpha value is -0.690. The van der Waals surface area contributed by atoms with Crippen molar-refractivity contribution < 1.29 is 9.90 Å². The van der Waals surface area contributed by atoms with Crippen molar-refractivity contribution in [2.45, 2.75) is 26.5 Å². The Morgan fingerprint density at radius 1 is 1.50 bits per heavy atom. The van der Waals surface area contributed by atoms with E-state index in [2.05, 4.69) is 19.2 Å². The number of amides is 1. The smallest absolute Gasteiger partial charge is 0.248 e. The Morgan fingerprint density at radius 2 is 2.12 bits per heavy atom. The number of hydrogen-bond acceptors (Lipinski definition) is 5. The third-order valence-electron chi connectivity index (χ3n) is 2.16. The molecular weight excluding hydrogens is 208 g/mol. The van der Waals surface area contributed by atoms with Crippen LogP contribution in [0.4, 0.5) is 0 Å². The summed E-state index contributed by atoms with van der Waals surface area (Å²) in [6.07, 6.45) is 0.402. The van der Waals surface area contributed by atoms with E-state index in [1.165, 1.54) is 0 Å². The summed E-state index contributed by atoms with van der Waals surface area (Å²) in [5, 5.41) is 12.6. The van der Waals surface area contributed by atoms with E-state index < -0.39 is 6.23 Å². The molecule has 0 aromatic rings. The van der Waals surface area contributed by atoms with Crippen LogP contribution in [0.3, 0.4) is 0 Å². The topological polar surface area (TPSA) is 90.6 Å². The number of nitrogens with one attached hydrogen (secondary N) is 2. The van der Waals surface area contributed by atoms with Crippen LogP contribution in [0.25, 0.3) is 0 Å². The second-order valence-corrected chi connectivity index (χ2v) is 4.42. The zero-order valence-electron chi connectivity index (χ0n) is 10.4. The van der Waals surface area contributed by atoms with Crippen LogP contribution in [0.5, 0.6) is 0 Å². The molecule has 6 nitrogen and oxygen atoms in total. The Bertz CT molecular complexity index is 199. The maximum atomic E-state index is 10.9. The zero-order chi connectivity index (χ0) is 12.6. The molecule has 0 heterocycles. The minimum absolute atomic E-state index is 0.180. The quantitative estimate of drug-likeness (QED) is 0.184. The molecule has 0 radical (unpaired) electrons. The molecule has 0 spiro atoms. The molecule has 0 aliphatic rings. The maximum Gasteiger partial charge on any atom is 0.248 e. The molecule has 0 rings (SSSR count). The summed E-state index contributed by atoms with van der Waals surface area (Å²) < 4.78 is 0. The standard InChI is InChI=1S/C10H24N4O2/c1-8(2)4-5-12-9(15)6-14(3)7-10(16)13-11/h8-9,12,15H,4-7,11H2,1-3H3,(H,13,16). The minimum atomic E-state index is -0.616. The number of nitrogens with zero attached hydrogens (tertiary/aromatic N) is 1. The third kappa shape index (κ3) is 8.60. The van der Waals surface area contributed by atoms with Crippen molar-refractivity contribution >= 4 is 5.91 Å². The van der Waals surface area contributed by atoms with Gasteiger partial charge in [-0.25, -0.2) is 5.84 Å². The number of hydrogen-bond donors (Lipinski definition) is 4. The first-order valence-corrected chi connectivity index (χ1v) is 5.55. The molecule has 6 heteroatoms. The van der Waals surface area contributed by atoms with Crippen molar-refractivity contribution in [1.29, 1.82) is 0 Å². The molecule has 0 fully saturated rings. The van der Waals surface area contributed by atoms with E-state index in [-0.39, 0.29) is 12.5 Å². The number of carbonyl (C=O) groups is 1. The van der Waals surface area contributed by atoms with Crippen molar-refractivity contribution in [2.75, 3.05) is 26.7 Å². The molecule has 0 saturated carbocycles. The van der Waals surface area contributed by atoms with Crippen LogP contribution in [0, 0.1) is 5.92 Å². The summed E-state index contributed by atoms with van der Waals surface area (Å²) in [5.41, 5.74) is 2.04. The van der Waals surface area contributed by atoms with E-state index in [4.69, 9.17) is 5.84 Å². The van der Waals surface area contributed by atoms with Gasteiger partial charge in [-0.05, 0) is 25.9 Å². The highest BCUT2D eigenvalue weighted by molar-refractivity contribution is 5.77. The zero-order valence-corrected chi connectivity index (χ0v) is 10.4. The second-order valence-electron chi connectivity index (χ2n) is 4.42. The molecular formula is C10H24N4O2. The summed E-state index contributed by atoms with van der Waals surface area (Å²) in [6.45, 7) is 5.61. The van der Waals surface area contributed by atoms with Gasteiger partial charge in [-0.2, -0.15) is 0 Å². The van der Waals surface area contributed by atoms with Crippen molar-refractivity contribution in [3.05, 3.63) is 0 Å². The van der Waals surface area contributed by atoms with E-state index in [0.29, 0.717) is 12.5 Å². The van der Waals surface area contributed by atoms with Crippen LogP contribution >= 0.6 is 0 Å². The molecule has 0 aromatic heterocycles. The first-order chi connectivity index (χ1) is 7.45. The molecule has 5 N–H and O–H groups in total. The normalized spacial score (nSPS) is 13.2. The van der Waals surface area contributed by atoms with Gasteiger partial charge in [0.25, 0.3) is 0 Å². The molecule has 0 aliphatic heterocycles. The molecule has 1 unspecified atom stereocenters. The van der Waals surface area contributed by atoms with E-state index in [0.717, 1.165) is 13.0 Å². The van der Waals surface area contributed by atoms with Crippen LogP contribution in [0.15, 0.2) is 0 Å². The highest BCUT2D eigenvalue weighted by Crippen LogP contribution is 1.97. The molecule has 1 atom stereocenters. The molecule has 16 heavy (non-hydrogen) atoms. The van der Waals surface area contributed by atoms with Crippen LogP contribution in [0.2, 0.25) is 0 Å². The van der Waals surface area contributed by atoms with Gasteiger partial charge in [0.05, 0.1) is 6.54 Å². The van der Waals surface area contributed by atoms with Gasteiger partial charge in [0, 0.05) is 6.54 Å². The SMILES string of the molecule is CC(C)CCNC(O)CN(C)CC(=O)NN. The fraction of sp³-hybridized carbons (Fsp3) is 0.900. The molecule has 0 aromatic carbocycles. The Balaban J connectivity index is 3.61. The Kier molecular flexibility index (Phi) is 8.10. The van der Waals surface area contributed by atoms with Gasteiger partial charge < -0.3 is 5.11 Å². The fourth-order valence-corrected chi connectivity index (χ4v) is 1.25. The average molecular weight is 232 g/mol. The lowest BCUT2D eigenvalue weighted by Crippen LogP contribution is -2.45. The highest BCUT2D eigenvalue weighted by atomic mass is 16.3. The van der Waals surface area contributed by atoms with Crippen molar-refractivity contribution in [3.8, 4) is 0 Å². The third-order valence-corrected chi connectivity index (χ3v) is 2.16. The van der Waals surface area contributed by atoms with Crippen LogP contribution in [0.1, 0.15) is 20.3 Å². The number of rotatable bonds is 8. The fourth-order valence-electron chi connectivity index (χ4n) is 1.25. The average Bonchev–Trinajstić information content (AvgIpc) is 2.16. The number of carbonyl (C=O) groups excluding carboxylic acids is 1. The number of hydrazine groups is 1. The Morgan fingerprint density at radius 3 is 2.62 bits per heavy atom. The van der Waals surface area contributed by atoms with Crippen molar-refractivity contribution in [1.82, 2.24) is 15.6 Å². The van der Waals surface area contributed by atoms with Crippen LogP contribution < -0.4 is 16.6 Å². The number of aliphatic hydroxyl groups is 1. The monoisotopic (exact) mass is 232 g/mol. The van der Waals surface area contributed by atoms with E-state index in [9.17, 15) is 9.90 Å². The predicted molar refractivity (Wildman–Crippen MR) is 63.3 cm³/mol. The van der Waals surface area contributed by atoms with Gasteiger partial charge in [-0.1, -0.05) is 13.8 Å². The lowest BCUT2D eigenvalue weighted by Gasteiger charge is -2.20. The van der Waals surface area contributed by atoms with Crippen LogP contribution in [-0.4, -0.2) is 48.8 Å². The maximum absolute atomic E-state index is 10.9. The van der Waals surface area contributed by atoms with E-state index >= 15 is 0 Å². The van der Waals surface area contributed by atoms with Crippen LogP contribution in [-0.2, 0) is 4.79 Å². The molecule has 1 amide bonds. The summed E-state index contributed by atoms with van der Waals surface area (Å²) in [5.74, 6) is 5.31. The van der Waals surface area contributed by atoms with Gasteiger partial charge in [-0.3, -0.25) is 20.4 Å². The van der Waals surface area contributed by atoms with E-state index in [1.54, 1.807) is 11.9 Å². The minimum Gasteiger partial charge on any atom is -0.377 e. The number of nitrogens with two attached hydrogens (primary N) is 1. The second kappa shape index (κ2) is 8.46. The molecule has 0 saturated heterocycles. The first-order valence-electron chi connectivity index (χ1n) is 5.55. The van der Waals surface area contributed by atoms with Gasteiger partial charge in [0.15, 0.2) is 0 Å². The molecule has 0 aliphatic carbocycles. The summed E-state index contributed by atoms with van der Waals surface area (Å²) in [7, 11) is 1.75. The lowest BCUT2D eigenvalue weighted by molar-refractivity contribution is -0.122. The number of likely N-dealkylation sites (N-methyl/N-ethyl adjacent to an activating group) is 1. The summed E-state index contributed by atoms with van der Waals surface area (Å²) in [6, 6.07) is 0. The van der Waals surface area contributed by atoms with Crippen molar-refractivity contribution in [3.63, 3.8) is 0 Å². The van der Waals surface area contributed by atoms with E-state index in [1.807, 2.05) is 5.43 Å². The van der Waals surface area contributed by atoms with Gasteiger partial charge in [-0.15, -0.1) is 0 Å². The Labute approximate surface area is 97.1 Å². The summed E-state index contributed by atoms with van der Waals surface area (Å²) in [4.78, 5) is 12.6. The summed E-state index contributed by atoms with van der Waals surface area (Å²) >= 11 is 0. The largest absolute Gasteiger partial charge is 0.377 e. The number of aliphatic hydroxyl groups excluding tert-OH is 1. The van der Waals surface area contributed by atoms with Gasteiger partial charge in [0.2, 0.25) is 5.91 Å². The predicted octanol–water partition coefficient (Wildman–Crippen LogP) is -1.14. The molecule has 0 bridgehead atoms.